The molecule has 3 aliphatic heterocycles. The van der Waals surface area contributed by atoms with E-state index in [1.165, 1.54) is 14.7 Å². The predicted octanol–water partition coefficient (Wildman–Crippen LogP) is -0.535. The van der Waals surface area contributed by atoms with E-state index in [0.29, 0.717) is 19.4 Å². The summed E-state index contributed by atoms with van der Waals surface area (Å²) < 4.78 is 0. The summed E-state index contributed by atoms with van der Waals surface area (Å²) in [6.45, 7) is -0.413. The summed E-state index contributed by atoms with van der Waals surface area (Å²) in [5, 5.41) is 19.9. The zero-order valence-corrected chi connectivity index (χ0v) is 27.1. The van der Waals surface area contributed by atoms with Gasteiger partial charge in [0.15, 0.2) is 0 Å². The number of H-pyrrole nitrogens is 1. The van der Waals surface area contributed by atoms with Gasteiger partial charge in [0.05, 0.1) is 19.2 Å². The first kappa shape index (κ1) is 33.7. The molecule has 2 aromatic carbocycles. The van der Waals surface area contributed by atoms with Gasteiger partial charge in [-0.1, -0.05) is 48.5 Å². The molecule has 3 aromatic rings. The first-order valence-corrected chi connectivity index (χ1v) is 16.7. The van der Waals surface area contributed by atoms with Crippen LogP contribution in [0.2, 0.25) is 0 Å². The van der Waals surface area contributed by atoms with Crippen molar-refractivity contribution in [3.05, 3.63) is 71.9 Å². The van der Waals surface area contributed by atoms with E-state index in [0.717, 1.165) is 22.0 Å². The van der Waals surface area contributed by atoms with Gasteiger partial charge in [-0.2, -0.15) is 0 Å². The molecule has 14 nitrogen and oxygen atoms in total. The molecule has 0 radical (unpaired) electrons. The van der Waals surface area contributed by atoms with Crippen molar-refractivity contribution in [3.8, 4) is 0 Å². The summed E-state index contributed by atoms with van der Waals surface area (Å²) in [5.41, 5.74) is 2.39. The molecule has 1 aromatic heterocycles. The fraction of sp³-hybridized carbons (Fsp3) is 0.429. The number of nitrogens with one attached hydrogen (secondary N) is 4. The number of likely N-dealkylation sites (tertiary alicyclic amines) is 1. The number of fused-ring (bicyclic) bond motifs is 2. The van der Waals surface area contributed by atoms with Crippen molar-refractivity contribution < 1.29 is 33.9 Å². The Hall–Kier alpha value is -5.24. The van der Waals surface area contributed by atoms with Gasteiger partial charge in [0.2, 0.25) is 35.4 Å². The van der Waals surface area contributed by atoms with Gasteiger partial charge in [0, 0.05) is 69.0 Å². The highest BCUT2D eigenvalue weighted by Crippen LogP contribution is 2.24. The molecule has 258 valence electrons. The van der Waals surface area contributed by atoms with Crippen molar-refractivity contribution in [2.75, 3.05) is 39.3 Å². The van der Waals surface area contributed by atoms with Crippen LogP contribution in [0.3, 0.4) is 0 Å². The van der Waals surface area contributed by atoms with Crippen LogP contribution in [-0.2, 0) is 41.6 Å². The van der Waals surface area contributed by atoms with Gasteiger partial charge in [0.25, 0.3) is 0 Å². The van der Waals surface area contributed by atoms with Crippen LogP contribution in [0.25, 0.3) is 10.9 Å². The van der Waals surface area contributed by atoms with E-state index in [1.54, 1.807) is 6.20 Å². The lowest BCUT2D eigenvalue weighted by atomic mass is 10.0. The number of aliphatic hydroxyl groups excluding tert-OH is 1. The van der Waals surface area contributed by atoms with Gasteiger partial charge in [0.1, 0.15) is 18.1 Å². The maximum atomic E-state index is 14.3. The van der Waals surface area contributed by atoms with Crippen LogP contribution in [0.4, 0.5) is 0 Å². The first-order valence-electron chi connectivity index (χ1n) is 16.7. The first-order chi connectivity index (χ1) is 23.7. The monoisotopic (exact) mass is 671 g/mol. The Morgan fingerprint density at radius 2 is 1.65 bits per heavy atom. The minimum absolute atomic E-state index is 0.0288. The quantitative estimate of drug-likeness (QED) is 0.233. The summed E-state index contributed by atoms with van der Waals surface area (Å²) in [5.74, 6) is -2.92. The molecule has 0 bridgehead atoms. The summed E-state index contributed by atoms with van der Waals surface area (Å²) in [7, 11) is 0. The third kappa shape index (κ3) is 7.91. The van der Waals surface area contributed by atoms with Gasteiger partial charge < -0.3 is 40.7 Å². The second kappa shape index (κ2) is 14.9. The maximum absolute atomic E-state index is 14.3. The number of hydrogen-bond donors (Lipinski definition) is 5. The number of aromatic amines is 1. The Bertz CT molecular complexity index is 1730. The number of rotatable bonds is 6. The van der Waals surface area contributed by atoms with Crippen molar-refractivity contribution in [2.24, 2.45) is 0 Å². The molecule has 0 aliphatic carbocycles. The second-order valence-corrected chi connectivity index (χ2v) is 12.9. The minimum Gasteiger partial charge on any atom is -0.391 e. The van der Waals surface area contributed by atoms with Crippen molar-refractivity contribution in [1.82, 2.24) is 35.6 Å². The highest BCUT2D eigenvalue weighted by atomic mass is 16.3. The topological polar surface area (TPSA) is 184 Å². The Morgan fingerprint density at radius 3 is 2.43 bits per heavy atom. The van der Waals surface area contributed by atoms with Gasteiger partial charge in [-0.3, -0.25) is 28.8 Å². The van der Waals surface area contributed by atoms with E-state index in [-0.39, 0.29) is 51.3 Å². The fourth-order valence-electron chi connectivity index (χ4n) is 6.83. The van der Waals surface area contributed by atoms with Crippen LogP contribution in [0.15, 0.2) is 60.8 Å². The maximum Gasteiger partial charge on any atom is 0.246 e. The number of aliphatic hydroxyl groups is 1. The number of aromatic nitrogens is 1. The molecule has 0 spiro atoms. The molecule has 4 heterocycles. The molecule has 3 aliphatic rings. The summed E-state index contributed by atoms with van der Waals surface area (Å²) in [4.78, 5) is 88.2. The third-order valence-electron chi connectivity index (χ3n) is 9.38. The zero-order chi connectivity index (χ0) is 34.5. The number of carbonyl (C=O) groups excluding carboxylic acids is 6. The molecular weight excluding hydrogens is 630 g/mol. The number of nitrogens with zero attached hydrogens (tertiary/aromatic N) is 3. The molecule has 6 amide bonds. The summed E-state index contributed by atoms with van der Waals surface area (Å²) >= 11 is 0. The standard InChI is InChI=1S/C35H41N7O7/c43-24-17-29-34(48)39-27(15-22-7-2-1-3-8-22)33(47)36-12-14-41(32(46)21-40-13-6-11-31(40)45)20-30(44)38-28(35(49)42(29)19-24)16-23-18-37-26-10-5-4-9-25(23)26/h1-5,7-10,18,24,27-29,37,43H,6,11-17,19-21H2,(H,36,47)(H,38,44)(H,39,48)/t24-,27+,28-,29+/m1/s1. The molecular formula is C35H41N7O7. The fourth-order valence-corrected chi connectivity index (χ4v) is 6.83. The van der Waals surface area contributed by atoms with Crippen LogP contribution >= 0.6 is 0 Å². The van der Waals surface area contributed by atoms with E-state index < -0.39 is 60.3 Å². The van der Waals surface area contributed by atoms with E-state index in [9.17, 15) is 33.9 Å². The summed E-state index contributed by atoms with van der Waals surface area (Å²) in [6, 6.07) is 13.4. The molecule has 14 heteroatoms. The second-order valence-electron chi connectivity index (χ2n) is 12.9. The van der Waals surface area contributed by atoms with E-state index in [1.807, 2.05) is 54.6 Å². The van der Waals surface area contributed by atoms with Crippen LogP contribution in [0.1, 0.15) is 30.4 Å². The average Bonchev–Trinajstić information content (AvgIpc) is 3.81. The number of carbonyl (C=O) groups is 6. The predicted molar refractivity (Wildman–Crippen MR) is 178 cm³/mol. The van der Waals surface area contributed by atoms with Crippen LogP contribution in [0.5, 0.6) is 0 Å². The van der Waals surface area contributed by atoms with Crippen molar-refractivity contribution in [2.45, 2.75) is 56.3 Å². The molecule has 3 fully saturated rings. The van der Waals surface area contributed by atoms with Gasteiger partial charge in [-0.25, -0.2) is 0 Å². The Balaban J connectivity index is 1.31. The molecule has 49 heavy (non-hydrogen) atoms. The normalized spacial score (nSPS) is 24.3. The molecule has 5 N–H and O–H groups in total. The lowest BCUT2D eigenvalue weighted by Crippen LogP contribution is -2.57. The third-order valence-corrected chi connectivity index (χ3v) is 9.38. The molecule has 0 unspecified atom stereocenters. The van der Waals surface area contributed by atoms with Crippen LogP contribution in [0, 0.1) is 0 Å². The Labute approximate surface area is 283 Å². The van der Waals surface area contributed by atoms with E-state index in [2.05, 4.69) is 20.9 Å². The molecule has 6 rings (SSSR count). The number of amides is 6. The molecule has 3 saturated heterocycles. The zero-order valence-electron chi connectivity index (χ0n) is 27.1. The highest BCUT2D eigenvalue weighted by molar-refractivity contribution is 5.96. The number of hydrogen-bond acceptors (Lipinski definition) is 7. The van der Waals surface area contributed by atoms with Crippen molar-refractivity contribution >= 4 is 46.3 Å². The van der Waals surface area contributed by atoms with Crippen molar-refractivity contribution in [1.29, 1.82) is 0 Å². The van der Waals surface area contributed by atoms with Gasteiger partial charge >= 0.3 is 0 Å². The summed E-state index contributed by atoms with van der Waals surface area (Å²) in [6.07, 6.45) is 1.95. The van der Waals surface area contributed by atoms with E-state index in [4.69, 9.17) is 0 Å². The number of benzene rings is 2. The Morgan fingerprint density at radius 1 is 0.878 bits per heavy atom. The minimum atomic E-state index is -1.14. The van der Waals surface area contributed by atoms with Crippen LogP contribution in [-0.4, -0.2) is 124 Å². The molecule has 4 atom stereocenters. The SMILES string of the molecule is O=C1CN(C(=O)CN2CCCC2=O)CCNC(=O)[C@H](Cc2ccccc2)NC(=O)[C@@H]2C[C@@H](O)CN2C(=O)[C@@H](Cc2c[nH]c3ccccc23)N1. The number of para-hydroxylation sites is 1. The average molecular weight is 672 g/mol. The lowest BCUT2D eigenvalue weighted by molar-refractivity contribution is -0.143. The van der Waals surface area contributed by atoms with Crippen molar-refractivity contribution in [3.63, 3.8) is 0 Å². The van der Waals surface area contributed by atoms with Gasteiger partial charge in [-0.15, -0.1) is 0 Å². The van der Waals surface area contributed by atoms with E-state index >= 15 is 0 Å². The van der Waals surface area contributed by atoms with Gasteiger partial charge in [-0.05, 0) is 23.6 Å². The van der Waals surface area contributed by atoms with Crippen LogP contribution < -0.4 is 16.0 Å². The molecule has 0 saturated carbocycles. The Kier molecular flexibility index (Phi) is 10.2. The smallest absolute Gasteiger partial charge is 0.246 e. The lowest BCUT2D eigenvalue weighted by Gasteiger charge is -2.30. The largest absolute Gasteiger partial charge is 0.391 e. The highest BCUT2D eigenvalue weighted by Gasteiger charge is 2.43.